The van der Waals surface area contributed by atoms with E-state index in [2.05, 4.69) is 62.1 Å². The van der Waals surface area contributed by atoms with Gasteiger partial charge in [-0.25, -0.2) is 4.98 Å². The molecule has 0 saturated heterocycles. The van der Waals surface area contributed by atoms with Crippen molar-refractivity contribution >= 4 is 11.5 Å². The zero-order valence-electron chi connectivity index (χ0n) is 12.4. The minimum Gasteiger partial charge on any atom is -0.372 e. The molecule has 3 nitrogen and oxygen atoms in total. The van der Waals surface area contributed by atoms with E-state index in [1.165, 1.54) is 12.1 Å². The second-order valence-corrected chi connectivity index (χ2v) is 5.42. The van der Waals surface area contributed by atoms with E-state index in [0.717, 1.165) is 24.7 Å². The maximum atomic E-state index is 4.34. The van der Waals surface area contributed by atoms with Crippen LogP contribution in [0.4, 0.5) is 11.5 Å². The molecule has 1 N–H and O–H groups in total. The molecule has 1 aromatic rings. The van der Waals surface area contributed by atoms with Crippen molar-refractivity contribution in [3.8, 4) is 0 Å². The Labute approximate surface area is 112 Å². The number of anilines is 2. The highest BCUT2D eigenvalue weighted by Crippen LogP contribution is 2.20. The second-order valence-electron chi connectivity index (χ2n) is 5.42. The third kappa shape index (κ3) is 4.55. The molecule has 0 fully saturated rings. The van der Waals surface area contributed by atoms with Crippen molar-refractivity contribution in [2.75, 3.05) is 23.8 Å². The van der Waals surface area contributed by atoms with Crippen LogP contribution < -0.4 is 10.2 Å². The van der Waals surface area contributed by atoms with Gasteiger partial charge in [-0.15, -0.1) is 0 Å². The molecule has 18 heavy (non-hydrogen) atoms. The predicted molar refractivity (Wildman–Crippen MR) is 80.3 cm³/mol. The van der Waals surface area contributed by atoms with Crippen LogP contribution in [0.5, 0.6) is 0 Å². The average molecular weight is 249 g/mol. The van der Waals surface area contributed by atoms with Gasteiger partial charge >= 0.3 is 0 Å². The number of nitrogens with zero attached hydrogens (tertiary/aromatic N) is 2. The number of rotatable bonds is 7. The van der Waals surface area contributed by atoms with E-state index in [9.17, 15) is 0 Å². The Bertz CT molecular complexity index is 349. The first-order valence-electron chi connectivity index (χ1n) is 6.97. The summed E-state index contributed by atoms with van der Waals surface area (Å²) in [6.45, 7) is 9.95. The first-order valence-corrected chi connectivity index (χ1v) is 6.97. The van der Waals surface area contributed by atoms with E-state index in [0.29, 0.717) is 6.04 Å². The van der Waals surface area contributed by atoms with Gasteiger partial charge < -0.3 is 10.2 Å². The number of pyridine rings is 1. The normalized spacial score (nSPS) is 12.6. The Morgan fingerprint density at radius 3 is 2.67 bits per heavy atom. The van der Waals surface area contributed by atoms with E-state index in [-0.39, 0.29) is 0 Å². The lowest BCUT2D eigenvalue weighted by molar-refractivity contribution is 0.504. The van der Waals surface area contributed by atoms with Crippen LogP contribution in [-0.2, 0) is 0 Å². The lowest BCUT2D eigenvalue weighted by Crippen LogP contribution is -2.30. The molecule has 102 valence electrons. The molecule has 1 heterocycles. The molecular formula is C15H27N3. The highest BCUT2D eigenvalue weighted by atomic mass is 15.1. The Kier molecular flexibility index (Phi) is 5.96. The first kappa shape index (κ1) is 14.8. The quantitative estimate of drug-likeness (QED) is 0.797. The monoisotopic (exact) mass is 249 g/mol. The minimum atomic E-state index is 0.548. The molecule has 0 aliphatic rings. The van der Waals surface area contributed by atoms with Gasteiger partial charge in [0.15, 0.2) is 0 Å². The summed E-state index contributed by atoms with van der Waals surface area (Å²) in [4.78, 5) is 6.67. The summed E-state index contributed by atoms with van der Waals surface area (Å²) in [6.07, 6.45) is 4.20. The molecule has 0 aliphatic heterocycles. The van der Waals surface area contributed by atoms with Crippen LogP contribution in [0.25, 0.3) is 0 Å². The molecule has 0 aromatic carbocycles. The van der Waals surface area contributed by atoms with Crippen molar-refractivity contribution < 1.29 is 0 Å². The van der Waals surface area contributed by atoms with Gasteiger partial charge in [0.2, 0.25) is 0 Å². The fourth-order valence-corrected chi connectivity index (χ4v) is 2.08. The van der Waals surface area contributed by atoms with Crippen LogP contribution in [-0.4, -0.2) is 24.6 Å². The molecular weight excluding hydrogens is 222 g/mol. The van der Waals surface area contributed by atoms with E-state index < -0.39 is 0 Å². The number of nitrogens with one attached hydrogen (secondary N) is 1. The van der Waals surface area contributed by atoms with Crippen LogP contribution >= 0.6 is 0 Å². The first-order chi connectivity index (χ1) is 8.54. The predicted octanol–water partition coefficient (Wildman–Crippen LogP) is 3.77. The van der Waals surface area contributed by atoms with Gasteiger partial charge in [-0.05, 0) is 31.7 Å². The van der Waals surface area contributed by atoms with Crippen LogP contribution in [0.2, 0.25) is 0 Å². The third-order valence-corrected chi connectivity index (χ3v) is 3.18. The highest BCUT2D eigenvalue weighted by molar-refractivity contribution is 5.53. The standard InChI is InChI=1S/C15H27N3/c1-6-8-16-15-11-14(7-9-17-15)18(5)13(4)10-12(2)3/h7,9,11-13H,6,8,10H2,1-5H3,(H,16,17). The topological polar surface area (TPSA) is 28.2 Å². The summed E-state index contributed by atoms with van der Waals surface area (Å²) in [5.74, 6) is 1.69. The molecule has 0 spiro atoms. The maximum Gasteiger partial charge on any atom is 0.127 e. The molecule has 1 unspecified atom stereocenters. The summed E-state index contributed by atoms with van der Waals surface area (Å²) in [6, 6.07) is 4.76. The van der Waals surface area contributed by atoms with E-state index in [1.807, 2.05) is 6.20 Å². The third-order valence-electron chi connectivity index (χ3n) is 3.18. The molecule has 0 bridgehead atoms. The Hall–Kier alpha value is -1.25. The maximum absolute atomic E-state index is 4.34. The van der Waals surface area contributed by atoms with Gasteiger partial charge in [-0.1, -0.05) is 20.8 Å². The molecule has 1 rings (SSSR count). The molecule has 0 aliphatic carbocycles. The van der Waals surface area contributed by atoms with Crippen LogP contribution in [0.3, 0.4) is 0 Å². The number of hydrogen-bond donors (Lipinski definition) is 1. The average Bonchev–Trinajstić information content (AvgIpc) is 2.35. The van der Waals surface area contributed by atoms with Gasteiger partial charge in [-0.3, -0.25) is 0 Å². The summed E-state index contributed by atoms with van der Waals surface area (Å²) >= 11 is 0. The largest absolute Gasteiger partial charge is 0.372 e. The zero-order chi connectivity index (χ0) is 13.5. The molecule has 0 amide bonds. The van der Waals surface area contributed by atoms with Crippen LogP contribution in [0.1, 0.15) is 40.5 Å². The van der Waals surface area contributed by atoms with Gasteiger partial charge in [0.1, 0.15) is 5.82 Å². The fraction of sp³-hybridized carbons (Fsp3) is 0.667. The molecule has 1 atom stereocenters. The Balaban J connectivity index is 2.69. The van der Waals surface area contributed by atoms with Crippen LogP contribution in [0, 0.1) is 5.92 Å². The van der Waals surface area contributed by atoms with E-state index in [4.69, 9.17) is 0 Å². The van der Waals surface area contributed by atoms with Crippen molar-refractivity contribution in [3.63, 3.8) is 0 Å². The molecule has 1 aromatic heterocycles. The van der Waals surface area contributed by atoms with Crippen molar-refractivity contribution in [1.29, 1.82) is 0 Å². The van der Waals surface area contributed by atoms with Crippen molar-refractivity contribution in [2.24, 2.45) is 5.92 Å². The van der Waals surface area contributed by atoms with Gasteiger partial charge in [-0.2, -0.15) is 0 Å². The molecule has 3 heteroatoms. The summed E-state index contributed by atoms with van der Waals surface area (Å²) in [5, 5.41) is 3.33. The smallest absolute Gasteiger partial charge is 0.127 e. The van der Waals surface area contributed by atoms with Gasteiger partial charge in [0.25, 0.3) is 0 Å². The second kappa shape index (κ2) is 7.24. The van der Waals surface area contributed by atoms with Crippen molar-refractivity contribution in [1.82, 2.24) is 4.98 Å². The molecule has 0 saturated carbocycles. The SMILES string of the molecule is CCCNc1cc(N(C)C(C)CC(C)C)ccn1. The lowest BCUT2D eigenvalue weighted by Gasteiger charge is -2.28. The molecule has 0 radical (unpaired) electrons. The number of aromatic nitrogens is 1. The summed E-state index contributed by atoms with van der Waals surface area (Å²) in [7, 11) is 2.16. The van der Waals surface area contributed by atoms with Gasteiger partial charge in [0, 0.05) is 37.6 Å². The fourth-order valence-electron chi connectivity index (χ4n) is 2.08. The Morgan fingerprint density at radius 1 is 1.33 bits per heavy atom. The van der Waals surface area contributed by atoms with Crippen LogP contribution in [0.15, 0.2) is 18.3 Å². The zero-order valence-corrected chi connectivity index (χ0v) is 12.4. The van der Waals surface area contributed by atoms with Crippen molar-refractivity contribution in [2.45, 2.75) is 46.6 Å². The summed E-state index contributed by atoms with van der Waals surface area (Å²) < 4.78 is 0. The minimum absolute atomic E-state index is 0.548. The number of hydrogen-bond acceptors (Lipinski definition) is 3. The lowest BCUT2D eigenvalue weighted by atomic mass is 10.0. The van der Waals surface area contributed by atoms with Gasteiger partial charge in [0.05, 0.1) is 0 Å². The Morgan fingerprint density at radius 2 is 2.06 bits per heavy atom. The van der Waals surface area contributed by atoms with E-state index in [1.54, 1.807) is 0 Å². The highest BCUT2D eigenvalue weighted by Gasteiger charge is 2.12. The summed E-state index contributed by atoms with van der Waals surface area (Å²) in [5.41, 5.74) is 1.23. The van der Waals surface area contributed by atoms with Crippen molar-refractivity contribution in [3.05, 3.63) is 18.3 Å². The van der Waals surface area contributed by atoms with E-state index >= 15 is 0 Å².